The molecule has 0 saturated carbocycles. The maximum atomic E-state index is 13.2. The Labute approximate surface area is 157 Å². The summed E-state index contributed by atoms with van der Waals surface area (Å²) in [5.74, 6) is -1.05. The highest BCUT2D eigenvalue weighted by Crippen LogP contribution is 2.14. The molecule has 0 heterocycles. The molecule has 2 N–H and O–H groups in total. The van der Waals surface area contributed by atoms with Gasteiger partial charge >= 0.3 is 0 Å². The van der Waals surface area contributed by atoms with Crippen molar-refractivity contribution >= 4 is 23.2 Å². The number of carbonyl (C=O) groups is 2. The fraction of sp³-hybridized carbons (Fsp3) is 0.0909. The van der Waals surface area contributed by atoms with E-state index >= 15 is 0 Å². The van der Waals surface area contributed by atoms with E-state index in [1.54, 1.807) is 30.3 Å². The zero-order valence-corrected chi connectivity index (χ0v) is 14.8. The minimum atomic E-state index is -0.424. The Balaban J connectivity index is 1.65. The van der Waals surface area contributed by atoms with E-state index in [1.807, 2.05) is 24.3 Å². The lowest BCUT2D eigenvalue weighted by Gasteiger charge is -2.08. The van der Waals surface area contributed by atoms with Crippen molar-refractivity contribution in [3.63, 3.8) is 0 Å². The van der Waals surface area contributed by atoms with Crippen LogP contribution in [0.5, 0.6) is 0 Å². The average molecular weight is 362 g/mol. The number of amides is 2. The zero-order chi connectivity index (χ0) is 19.2. The quantitative estimate of drug-likeness (QED) is 0.679. The fourth-order valence-electron chi connectivity index (χ4n) is 2.57. The molecule has 3 rings (SSSR count). The number of halogens is 1. The van der Waals surface area contributed by atoms with E-state index in [0.717, 1.165) is 6.42 Å². The molecule has 136 valence electrons. The van der Waals surface area contributed by atoms with Crippen LogP contribution >= 0.6 is 0 Å². The van der Waals surface area contributed by atoms with Crippen molar-refractivity contribution in [1.82, 2.24) is 0 Å². The van der Waals surface area contributed by atoms with Crippen LogP contribution in [0.25, 0.3) is 0 Å². The largest absolute Gasteiger partial charge is 0.322 e. The molecular formula is C22H19FN2O2. The van der Waals surface area contributed by atoms with Gasteiger partial charge in [0.1, 0.15) is 5.82 Å². The number of nitrogens with one attached hydrogen (secondary N) is 2. The number of hydrogen-bond acceptors (Lipinski definition) is 2. The lowest BCUT2D eigenvalue weighted by atomic mass is 10.1. The third-order valence-electron chi connectivity index (χ3n) is 4.11. The first-order valence-electron chi connectivity index (χ1n) is 8.62. The Bertz CT molecular complexity index is 951. The van der Waals surface area contributed by atoms with E-state index in [2.05, 4.69) is 17.6 Å². The molecule has 0 radical (unpaired) electrons. The van der Waals surface area contributed by atoms with Gasteiger partial charge in [-0.05, 0) is 66.6 Å². The van der Waals surface area contributed by atoms with Gasteiger partial charge in [0, 0.05) is 22.5 Å². The Morgan fingerprint density at radius 3 is 1.85 bits per heavy atom. The number of aryl methyl sites for hydroxylation is 1. The summed E-state index contributed by atoms with van der Waals surface area (Å²) in [7, 11) is 0. The summed E-state index contributed by atoms with van der Waals surface area (Å²) in [6, 6.07) is 19.6. The Hall–Kier alpha value is -3.47. The van der Waals surface area contributed by atoms with Crippen LogP contribution in [0.1, 0.15) is 33.2 Å². The lowest BCUT2D eigenvalue weighted by molar-refractivity contribution is 0.101. The summed E-state index contributed by atoms with van der Waals surface area (Å²) < 4.78 is 13.2. The van der Waals surface area contributed by atoms with Crippen molar-refractivity contribution < 1.29 is 14.0 Å². The molecule has 27 heavy (non-hydrogen) atoms. The lowest BCUT2D eigenvalue weighted by Crippen LogP contribution is -2.14. The number of anilines is 2. The number of benzene rings is 3. The summed E-state index contributed by atoms with van der Waals surface area (Å²) in [6.45, 7) is 2.07. The topological polar surface area (TPSA) is 58.2 Å². The molecule has 4 nitrogen and oxygen atoms in total. The van der Waals surface area contributed by atoms with Gasteiger partial charge in [0.15, 0.2) is 0 Å². The van der Waals surface area contributed by atoms with Gasteiger partial charge in [-0.15, -0.1) is 0 Å². The Morgan fingerprint density at radius 1 is 0.778 bits per heavy atom. The van der Waals surface area contributed by atoms with E-state index in [9.17, 15) is 14.0 Å². The van der Waals surface area contributed by atoms with Crippen LogP contribution in [0.3, 0.4) is 0 Å². The highest BCUT2D eigenvalue weighted by atomic mass is 19.1. The van der Waals surface area contributed by atoms with Crippen molar-refractivity contribution in [1.29, 1.82) is 0 Å². The summed E-state index contributed by atoms with van der Waals surface area (Å²) >= 11 is 0. The second-order valence-electron chi connectivity index (χ2n) is 6.05. The van der Waals surface area contributed by atoms with Gasteiger partial charge in [0.25, 0.3) is 11.8 Å². The van der Waals surface area contributed by atoms with E-state index in [4.69, 9.17) is 0 Å². The third-order valence-corrected chi connectivity index (χ3v) is 4.11. The van der Waals surface area contributed by atoms with Crippen LogP contribution in [-0.4, -0.2) is 11.8 Å². The van der Waals surface area contributed by atoms with Crippen molar-refractivity contribution in [3.8, 4) is 0 Å². The summed E-state index contributed by atoms with van der Waals surface area (Å²) in [6.07, 6.45) is 0.938. The van der Waals surface area contributed by atoms with Crippen LogP contribution in [0.4, 0.5) is 15.8 Å². The van der Waals surface area contributed by atoms with Gasteiger partial charge < -0.3 is 10.6 Å². The molecule has 0 aliphatic heterocycles. The minimum Gasteiger partial charge on any atom is -0.322 e. The maximum absolute atomic E-state index is 13.2. The van der Waals surface area contributed by atoms with Crippen LogP contribution in [0.15, 0.2) is 72.8 Å². The number of carbonyl (C=O) groups excluding carboxylic acids is 2. The van der Waals surface area contributed by atoms with Gasteiger partial charge in [0.05, 0.1) is 0 Å². The highest BCUT2D eigenvalue weighted by molar-refractivity contribution is 6.07. The van der Waals surface area contributed by atoms with Crippen LogP contribution in [0, 0.1) is 5.82 Å². The van der Waals surface area contributed by atoms with Gasteiger partial charge in [-0.3, -0.25) is 9.59 Å². The molecule has 5 heteroatoms. The second-order valence-corrected chi connectivity index (χ2v) is 6.05. The standard InChI is InChI=1S/C22H19FN2O2/c1-2-15-6-12-19(13-7-15)24-21(26)16-8-10-17(11-9-16)22(27)25-20-5-3-4-18(23)14-20/h3-14H,2H2,1H3,(H,24,26)(H,25,27). The first kappa shape index (κ1) is 18.3. The second kappa shape index (κ2) is 8.27. The maximum Gasteiger partial charge on any atom is 0.255 e. The minimum absolute atomic E-state index is 0.253. The van der Waals surface area contributed by atoms with E-state index in [0.29, 0.717) is 22.5 Å². The summed E-state index contributed by atoms with van der Waals surface area (Å²) in [5, 5.41) is 5.44. The molecule has 0 spiro atoms. The van der Waals surface area contributed by atoms with Crippen LogP contribution < -0.4 is 10.6 Å². The molecule has 0 unspecified atom stereocenters. The molecule has 2 amide bonds. The first-order chi connectivity index (χ1) is 13.0. The molecular weight excluding hydrogens is 343 g/mol. The molecule has 0 bridgehead atoms. The predicted molar refractivity (Wildman–Crippen MR) is 105 cm³/mol. The predicted octanol–water partition coefficient (Wildman–Crippen LogP) is 4.89. The number of rotatable bonds is 5. The third kappa shape index (κ3) is 4.79. The van der Waals surface area contributed by atoms with Crippen LogP contribution in [0.2, 0.25) is 0 Å². The van der Waals surface area contributed by atoms with Gasteiger partial charge in [-0.1, -0.05) is 25.1 Å². The Morgan fingerprint density at radius 2 is 1.33 bits per heavy atom. The van der Waals surface area contributed by atoms with Gasteiger partial charge in [0.2, 0.25) is 0 Å². The molecule has 0 aromatic heterocycles. The smallest absolute Gasteiger partial charge is 0.255 e. The molecule has 0 fully saturated rings. The summed E-state index contributed by atoms with van der Waals surface area (Å²) in [5.41, 5.74) is 3.10. The van der Waals surface area contributed by atoms with E-state index in [1.165, 1.54) is 23.8 Å². The molecule has 3 aromatic carbocycles. The molecule has 0 aliphatic rings. The molecule has 3 aromatic rings. The number of hydrogen-bond donors (Lipinski definition) is 2. The van der Waals surface area contributed by atoms with Gasteiger partial charge in [-0.25, -0.2) is 4.39 Å². The normalized spacial score (nSPS) is 10.3. The SMILES string of the molecule is CCc1ccc(NC(=O)c2ccc(C(=O)Nc3cccc(F)c3)cc2)cc1. The Kier molecular flexibility index (Phi) is 5.61. The molecule has 0 aliphatic carbocycles. The molecule has 0 atom stereocenters. The summed E-state index contributed by atoms with van der Waals surface area (Å²) in [4.78, 5) is 24.5. The average Bonchev–Trinajstić information content (AvgIpc) is 2.68. The van der Waals surface area contributed by atoms with Gasteiger partial charge in [-0.2, -0.15) is 0 Å². The van der Waals surface area contributed by atoms with Crippen molar-refractivity contribution in [2.45, 2.75) is 13.3 Å². The van der Waals surface area contributed by atoms with E-state index in [-0.39, 0.29) is 11.8 Å². The first-order valence-corrected chi connectivity index (χ1v) is 8.62. The van der Waals surface area contributed by atoms with Crippen LogP contribution in [-0.2, 0) is 6.42 Å². The van der Waals surface area contributed by atoms with Crippen molar-refractivity contribution in [3.05, 3.63) is 95.3 Å². The monoisotopic (exact) mass is 362 g/mol. The zero-order valence-electron chi connectivity index (χ0n) is 14.8. The highest BCUT2D eigenvalue weighted by Gasteiger charge is 2.10. The molecule has 0 saturated heterocycles. The van der Waals surface area contributed by atoms with E-state index < -0.39 is 5.82 Å². The van der Waals surface area contributed by atoms with Crippen molar-refractivity contribution in [2.75, 3.05) is 10.6 Å². The fourth-order valence-corrected chi connectivity index (χ4v) is 2.57. The van der Waals surface area contributed by atoms with Crippen molar-refractivity contribution in [2.24, 2.45) is 0 Å².